The second-order valence-corrected chi connectivity index (χ2v) is 3.90. The third-order valence-electron chi connectivity index (χ3n) is 2.57. The summed E-state index contributed by atoms with van der Waals surface area (Å²) in [6, 6.07) is 7.24. The maximum Gasteiger partial charge on any atom is 0.337 e. The second-order valence-electron chi connectivity index (χ2n) is 3.90. The predicted molar refractivity (Wildman–Crippen MR) is 64.2 cm³/mol. The van der Waals surface area contributed by atoms with Crippen molar-refractivity contribution in [1.29, 1.82) is 0 Å². The number of furan rings is 1. The van der Waals surface area contributed by atoms with E-state index in [-0.39, 0.29) is 5.56 Å². The van der Waals surface area contributed by atoms with Crippen LogP contribution in [-0.4, -0.2) is 18.1 Å². The van der Waals surface area contributed by atoms with Gasteiger partial charge in [0.05, 0.1) is 24.1 Å². The van der Waals surface area contributed by atoms with Crippen molar-refractivity contribution in [1.82, 2.24) is 0 Å². The normalized spacial score (nSPS) is 10.3. The Kier molecular flexibility index (Phi) is 3.32. The Morgan fingerprint density at radius 2 is 2.22 bits per heavy atom. The molecule has 0 atom stereocenters. The molecule has 2 aromatic rings. The highest BCUT2D eigenvalue weighted by Gasteiger charge is 2.15. The molecule has 0 aliphatic heterocycles. The molecule has 94 valence electrons. The van der Waals surface area contributed by atoms with Gasteiger partial charge < -0.3 is 14.4 Å². The number of hydrogen-bond donors (Lipinski definition) is 1. The van der Waals surface area contributed by atoms with Crippen molar-refractivity contribution in [2.75, 3.05) is 11.9 Å². The molecule has 4 nitrogen and oxygen atoms in total. The first-order valence-corrected chi connectivity index (χ1v) is 5.34. The van der Waals surface area contributed by atoms with Gasteiger partial charge in [-0.05, 0) is 30.3 Å². The predicted octanol–water partition coefficient (Wildman–Crippen LogP) is 2.75. The molecule has 0 amide bonds. The summed E-state index contributed by atoms with van der Waals surface area (Å²) in [5.74, 6) is -1.02. The monoisotopic (exact) mass is 249 g/mol. The fourth-order valence-corrected chi connectivity index (χ4v) is 1.73. The van der Waals surface area contributed by atoms with Gasteiger partial charge in [-0.3, -0.25) is 0 Å². The van der Waals surface area contributed by atoms with Crippen molar-refractivity contribution in [2.24, 2.45) is 0 Å². The first-order chi connectivity index (χ1) is 8.58. The standard InChI is InChI=1S/C13H12FNO3/c1-15(8-10-3-2-6-18-10)12-5-4-9(14)7-11(12)13(16)17/h2-7H,8H2,1H3,(H,16,17). The Morgan fingerprint density at radius 3 is 2.83 bits per heavy atom. The van der Waals surface area contributed by atoms with Crippen LogP contribution in [0.5, 0.6) is 0 Å². The molecule has 0 saturated heterocycles. The Bertz CT molecular complexity index is 551. The molecule has 0 fully saturated rings. The molecular weight excluding hydrogens is 237 g/mol. The van der Waals surface area contributed by atoms with Crippen molar-refractivity contribution in [3.8, 4) is 0 Å². The van der Waals surface area contributed by atoms with E-state index >= 15 is 0 Å². The Hall–Kier alpha value is -2.30. The SMILES string of the molecule is CN(Cc1ccco1)c1ccc(F)cc1C(=O)O. The van der Waals surface area contributed by atoms with Gasteiger partial charge >= 0.3 is 5.97 Å². The van der Waals surface area contributed by atoms with Crippen LogP contribution in [0.1, 0.15) is 16.1 Å². The van der Waals surface area contributed by atoms with Gasteiger partial charge in [0.2, 0.25) is 0 Å². The Labute approximate surface area is 103 Å². The number of anilines is 1. The van der Waals surface area contributed by atoms with E-state index in [1.807, 2.05) is 0 Å². The molecule has 0 bridgehead atoms. The third-order valence-corrected chi connectivity index (χ3v) is 2.57. The van der Waals surface area contributed by atoms with Crippen molar-refractivity contribution in [3.05, 3.63) is 53.7 Å². The van der Waals surface area contributed by atoms with Gasteiger partial charge in [-0.15, -0.1) is 0 Å². The lowest BCUT2D eigenvalue weighted by atomic mass is 10.1. The summed E-state index contributed by atoms with van der Waals surface area (Å²) in [6.07, 6.45) is 1.55. The fourth-order valence-electron chi connectivity index (χ4n) is 1.73. The molecule has 0 aliphatic rings. The number of halogens is 1. The topological polar surface area (TPSA) is 53.7 Å². The van der Waals surface area contributed by atoms with Crippen LogP contribution in [0.2, 0.25) is 0 Å². The highest BCUT2D eigenvalue weighted by Crippen LogP contribution is 2.22. The van der Waals surface area contributed by atoms with Crippen LogP contribution in [-0.2, 0) is 6.54 Å². The van der Waals surface area contributed by atoms with E-state index < -0.39 is 11.8 Å². The molecular formula is C13H12FNO3. The van der Waals surface area contributed by atoms with Crippen LogP contribution in [0.3, 0.4) is 0 Å². The first-order valence-electron chi connectivity index (χ1n) is 5.34. The third kappa shape index (κ3) is 2.51. The molecule has 2 rings (SSSR count). The summed E-state index contributed by atoms with van der Waals surface area (Å²) in [5.41, 5.74) is 0.379. The first kappa shape index (κ1) is 12.2. The summed E-state index contributed by atoms with van der Waals surface area (Å²) in [5, 5.41) is 9.05. The molecule has 1 N–H and O–H groups in total. The number of carboxylic acid groups (broad SMARTS) is 1. The number of benzene rings is 1. The van der Waals surface area contributed by atoms with E-state index in [2.05, 4.69) is 0 Å². The number of aromatic carboxylic acids is 1. The minimum Gasteiger partial charge on any atom is -0.478 e. The summed E-state index contributed by atoms with van der Waals surface area (Å²) < 4.78 is 18.2. The molecule has 1 aromatic carbocycles. The lowest BCUT2D eigenvalue weighted by Gasteiger charge is -2.20. The average molecular weight is 249 g/mol. The largest absolute Gasteiger partial charge is 0.478 e. The molecule has 0 spiro atoms. The van der Waals surface area contributed by atoms with Crippen molar-refractivity contribution in [3.63, 3.8) is 0 Å². The van der Waals surface area contributed by atoms with E-state index in [1.54, 1.807) is 30.3 Å². The van der Waals surface area contributed by atoms with E-state index in [9.17, 15) is 9.18 Å². The quantitative estimate of drug-likeness (QED) is 0.905. The summed E-state index contributed by atoms with van der Waals surface area (Å²) in [6.45, 7) is 0.416. The molecule has 1 aromatic heterocycles. The molecule has 0 unspecified atom stereocenters. The van der Waals surface area contributed by atoms with Crippen LogP contribution in [0.15, 0.2) is 41.0 Å². The van der Waals surface area contributed by atoms with Gasteiger partial charge in [0, 0.05) is 7.05 Å². The average Bonchev–Trinajstić information content (AvgIpc) is 2.81. The Balaban J connectivity index is 2.29. The molecule has 0 radical (unpaired) electrons. The zero-order chi connectivity index (χ0) is 13.1. The molecule has 0 saturated carbocycles. The van der Waals surface area contributed by atoms with Gasteiger partial charge in [0.15, 0.2) is 0 Å². The second kappa shape index (κ2) is 4.91. The van der Waals surface area contributed by atoms with Crippen LogP contribution in [0, 0.1) is 5.82 Å². The lowest BCUT2D eigenvalue weighted by Crippen LogP contribution is -2.19. The van der Waals surface area contributed by atoms with Crippen molar-refractivity contribution in [2.45, 2.75) is 6.54 Å². The van der Waals surface area contributed by atoms with Gasteiger partial charge in [0.1, 0.15) is 11.6 Å². The highest BCUT2D eigenvalue weighted by molar-refractivity contribution is 5.94. The molecule has 18 heavy (non-hydrogen) atoms. The molecule has 1 heterocycles. The molecule has 0 aliphatic carbocycles. The van der Waals surface area contributed by atoms with Crippen LogP contribution in [0.4, 0.5) is 10.1 Å². The van der Waals surface area contributed by atoms with Gasteiger partial charge in [-0.1, -0.05) is 0 Å². The Morgan fingerprint density at radius 1 is 1.44 bits per heavy atom. The smallest absolute Gasteiger partial charge is 0.337 e. The number of carboxylic acids is 1. The number of hydrogen-bond acceptors (Lipinski definition) is 3. The van der Waals surface area contributed by atoms with Crippen LogP contribution >= 0.6 is 0 Å². The van der Waals surface area contributed by atoms with E-state index in [0.717, 1.165) is 6.07 Å². The maximum absolute atomic E-state index is 13.0. The lowest BCUT2D eigenvalue weighted by molar-refractivity contribution is 0.0697. The number of nitrogens with zero attached hydrogens (tertiary/aromatic N) is 1. The number of carbonyl (C=O) groups is 1. The van der Waals surface area contributed by atoms with Crippen molar-refractivity contribution < 1.29 is 18.7 Å². The van der Waals surface area contributed by atoms with Gasteiger partial charge in [-0.2, -0.15) is 0 Å². The minimum absolute atomic E-state index is 0.0657. The highest BCUT2D eigenvalue weighted by atomic mass is 19.1. The van der Waals surface area contributed by atoms with Crippen LogP contribution < -0.4 is 4.90 Å². The van der Waals surface area contributed by atoms with Crippen molar-refractivity contribution >= 4 is 11.7 Å². The molecule has 5 heteroatoms. The summed E-state index contributed by atoms with van der Waals surface area (Å²) >= 11 is 0. The van der Waals surface area contributed by atoms with Crippen LogP contribution in [0.25, 0.3) is 0 Å². The van der Waals surface area contributed by atoms with E-state index in [1.165, 1.54) is 12.1 Å². The summed E-state index contributed by atoms with van der Waals surface area (Å²) in [7, 11) is 1.72. The van der Waals surface area contributed by atoms with E-state index in [0.29, 0.717) is 18.0 Å². The zero-order valence-electron chi connectivity index (χ0n) is 9.76. The minimum atomic E-state index is -1.16. The fraction of sp³-hybridized carbons (Fsp3) is 0.154. The van der Waals surface area contributed by atoms with E-state index in [4.69, 9.17) is 9.52 Å². The summed E-state index contributed by atoms with van der Waals surface area (Å²) in [4.78, 5) is 12.8. The van der Waals surface area contributed by atoms with Gasteiger partial charge in [-0.25, -0.2) is 9.18 Å². The van der Waals surface area contributed by atoms with Gasteiger partial charge in [0.25, 0.3) is 0 Å². The number of rotatable bonds is 4. The zero-order valence-corrected chi connectivity index (χ0v) is 9.76. The maximum atomic E-state index is 13.0.